The van der Waals surface area contributed by atoms with E-state index in [2.05, 4.69) is 13.8 Å². The van der Waals surface area contributed by atoms with Crippen LogP contribution in [0.1, 0.15) is 99.8 Å². The molecule has 262 valence electrons. The van der Waals surface area contributed by atoms with Crippen LogP contribution in [0.4, 0.5) is 0 Å². The number of carbonyl (C=O) groups excluding carboxylic acids is 4. The van der Waals surface area contributed by atoms with Gasteiger partial charge in [0.2, 0.25) is 0 Å². The first-order chi connectivity index (χ1) is 22.5. The molecule has 0 heterocycles. The third-order valence-corrected chi connectivity index (χ3v) is 11.0. The molecule has 0 aromatic heterocycles. The Morgan fingerprint density at radius 1 is 0.625 bits per heavy atom. The van der Waals surface area contributed by atoms with Crippen molar-refractivity contribution in [2.24, 2.45) is 22.7 Å². The molecule has 0 spiro atoms. The van der Waals surface area contributed by atoms with Gasteiger partial charge in [-0.15, -0.1) is 0 Å². The minimum atomic E-state index is -1.64. The Balaban J connectivity index is 1.50. The maximum atomic E-state index is 13.2. The smallest absolute Gasteiger partial charge is 0.423 e. The maximum Gasteiger partial charge on any atom is 0.423 e. The molecule has 0 amide bonds. The quantitative estimate of drug-likeness (QED) is 0.0907. The van der Waals surface area contributed by atoms with E-state index in [1.807, 2.05) is 13.8 Å². The van der Waals surface area contributed by atoms with E-state index in [9.17, 15) is 19.2 Å². The van der Waals surface area contributed by atoms with Gasteiger partial charge in [-0.3, -0.25) is 0 Å². The monoisotopic (exact) mass is 782 g/mol. The van der Waals surface area contributed by atoms with E-state index in [0.29, 0.717) is 11.8 Å². The van der Waals surface area contributed by atoms with E-state index in [1.165, 1.54) is 0 Å². The number of ether oxygens (including phenoxy) is 4. The Kier molecular flexibility index (Phi) is 12.9. The van der Waals surface area contributed by atoms with E-state index in [-0.39, 0.29) is 54.2 Å². The number of hydrogen-bond acceptors (Lipinski definition) is 8. The summed E-state index contributed by atoms with van der Waals surface area (Å²) < 4.78 is 21.5. The van der Waals surface area contributed by atoms with E-state index in [4.69, 9.17) is 88.6 Å². The molecule has 0 radical (unpaired) electrons. The fourth-order valence-corrected chi connectivity index (χ4v) is 8.18. The predicted molar refractivity (Wildman–Crippen MR) is 186 cm³/mol. The fourth-order valence-electron chi connectivity index (χ4n) is 6.74. The molecular formula is C34H36Cl6O8. The molecule has 0 aliphatic heterocycles. The third kappa shape index (κ3) is 8.85. The highest BCUT2D eigenvalue weighted by Gasteiger charge is 2.42. The van der Waals surface area contributed by atoms with E-state index >= 15 is 0 Å². The van der Waals surface area contributed by atoms with Gasteiger partial charge in [0.25, 0.3) is 0 Å². The van der Waals surface area contributed by atoms with Crippen molar-refractivity contribution in [2.75, 3.05) is 13.2 Å². The van der Waals surface area contributed by atoms with Crippen LogP contribution in [0.25, 0.3) is 0 Å². The van der Waals surface area contributed by atoms with E-state index in [1.54, 1.807) is 0 Å². The fraction of sp³-hybridized carbons (Fsp3) is 0.529. The highest BCUT2D eigenvalue weighted by atomic mass is 35.5. The molecule has 2 aliphatic rings. The average Bonchev–Trinajstić information content (AvgIpc) is 2.99. The molecule has 0 bridgehead atoms. The minimum Gasteiger partial charge on any atom is -0.461 e. The molecule has 2 fully saturated rings. The average molecular weight is 785 g/mol. The molecule has 0 atom stereocenters. The van der Waals surface area contributed by atoms with Crippen LogP contribution in [0.15, 0.2) is 12.1 Å². The summed E-state index contributed by atoms with van der Waals surface area (Å²) in [6.45, 7) is 8.40. The number of rotatable bonds is 12. The first-order valence-corrected chi connectivity index (χ1v) is 17.9. The SMILES string of the molecule is CCCC1CC(C)(COC(=O)c2c(Cl)c(Cl)cc(Cl)c2OC(=O)C(=O)Oc2c(Cl)cc(Cl)c(Cl)c2C(=O)OCC2(C)CC(CCC)C2)C1. The number of benzene rings is 2. The number of halogens is 6. The molecule has 2 aromatic carbocycles. The summed E-state index contributed by atoms with van der Waals surface area (Å²) in [6, 6.07) is 2.27. The van der Waals surface area contributed by atoms with Crippen molar-refractivity contribution in [3.8, 4) is 11.5 Å². The molecule has 8 nitrogen and oxygen atoms in total. The zero-order valence-electron chi connectivity index (χ0n) is 26.9. The van der Waals surface area contributed by atoms with Crippen molar-refractivity contribution in [3.05, 3.63) is 53.4 Å². The Labute approximate surface area is 309 Å². The molecule has 4 rings (SSSR count). The Hall–Kier alpha value is -1.94. The number of esters is 4. The summed E-state index contributed by atoms with van der Waals surface area (Å²) in [5.41, 5.74) is -1.36. The van der Waals surface area contributed by atoms with Gasteiger partial charge in [-0.1, -0.05) is 123 Å². The summed E-state index contributed by atoms with van der Waals surface area (Å²) in [6.07, 6.45) is 7.85. The molecule has 0 saturated heterocycles. The molecule has 0 unspecified atom stereocenters. The minimum absolute atomic E-state index is 0.0785. The van der Waals surface area contributed by atoms with Crippen LogP contribution in [-0.4, -0.2) is 37.1 Å². The van der Waals surface area contributed by atoms with Crippen LogP contribution >= 0.6 is 69.6 Å². The second-order valence-corrected chi connectivity index (χ2v) is 15.8. The van der Waals surface area contributed by atoms with Crippen LogP contribution in [-0.2, 0) is 19.1 Å². The van der Waals surface area contributed by atoms with Crippen LogP contribution in [0.2, 0.25) is 30.1 Å². The normalized spacial score (nSPS) is 23.0. The number of hydrogen-bond donors (Lipinski definition) is 0. The van der Waals surface area contributed by atoms with E-state index in [0.717, 1.165) is 63.5 Å². The maximum absolute atomic E-state index is 13.2. The Morgan fingerprint density at radius 3 is 1.27 bits per heavy atom. The highest BCUT2D eigenvalue weighted by molar-refractivity contribution is 6.47. The van der Waals surface area contributed by atoms with Gasteiger partial charge in [0.1, 0.15) is 11.1 Å². The van der Waals surface area contributed by atoms with Gasteiger partial charge in [0, 0.05) is 10.8 Å². The van der Waals surface area contributed by atoms with Gasteiger partial charge in [0.05, 0.1) is 43.3 Å². The summed E-state index contributed by atoms with van der Waals surface area (Å²) in [5.74, 6) is -5.22. The van der Waals surface area contributed by atoms with Crippen molar-refractivity contribution in [3.63, 3.8) is 0 Å². The Bertz CT molecular complexity index is 1480. The highest BCUT2D eigenvalue weighted by Crippen LogP contribution is 2.49. The lowest BCUT2D eigenvalue weighted by Gasteiger charge is -2.44. The lowest BCUT2D eigenvalue weighted by molar-refractivity contribution is -0.156. The van der Waals surface area contributed by atoms with Crippen LogP contribution < -0.4 is 9.47 Å². The van der Waals surface area contributed by atoms with Crippen LogP contribution in [0, 0.1) is 22.7 Å². The first kappa shape index (κ1) is 38.9. The van der Waals surface area contributed by atoms with Gasteiger partial charge in [-0.25, -0.2) is 19.2 Å². The molecule has 14 heteroatoms. The molecule has 2 aliphatic carbocycles. The van der Waals surface area contributed by atoms with Crippen molar-refractivity contribution in [1.29, 1.82) is 0 Å². The summed E-state index contributed by atoms with van der Waals surface area (Å²) in [5, 5.41) is -1.45. The largest absolute Gasteiger partial charge is 0.461 e. The van der Waals surface area contributed by atoms with Crippen molar-refractivity contribution >= 4 is 93.5 Å². The zero-order valence-corrected chi connectivity index (χ0v) is 31.4. The summed E-state index contributed by atoms with van der Waals surface area (Å²) >= 11 is 37.6. The van der Waals surface area contributed by atoms with Crippen LogP contribution in [0.3, 0.4) is 0 Å². The molecule has 2 saturated carbocycles. The summed E-state index contributed by atoms with van der Waals surface area (Å²) in [7, 11) is 0. The number of carbonyl (C=O) groups is 4. The zero-order chi connectivity index (χ0) is 35.6. The lowest BCUT2D eigenvalue weighted by atomic mass is 9.62. The first-order valence-electron chi connectivity index (χ1n) is 15.6. The van der Waals surface area contributed by atoms with Gasteiger partial charge < -0.3 is 18.9 Å². The van der Waals surface area contributed by atoms with Gasteiger partial charge >= 0.3 is 23.9 Å². The molecule has 2 aromatic rings. The second-order valence-electron chi connectivity index (χ2n) is 13.4. The Morgan fingerprint density at radius 2 is 0.958 bits per heavy atom. The van der Waals surface area contributed by atoms with Gasteiger partial charge in [-0.05, 0) is 49.7 Å². The van der Waals surface area contributed by atoms with Gasteiger partial charge in [-0.2, -0.15) is 0 Å². The lowest BCUT2D eigenvalue weighted by Crippen LogP contribution is -2.39. The topological polar surface area (TPSA) is 105 Å². The molecule has 48 heavy (non-hydrogen) atoms. The predicted octanol–water partition coefficient (Wildman–Crippen LogP) is 10.9. The van der Waals surface area contributed by atoms with Crippen molar-refractivity contribution in [2.45, 2.75) is 79.1 Å². The second kappa shape index (κ2) is 15.9. The van der Waals surface area contributed by atoms with Gasteiger partial charge in [0.15, 0.2) is 11.5 Å². The van der Waals surface area contributed by atoms with E-state index < -0.39 is 46.5 Å². The standard InChI is InChI=1S/C34H36Cl6O8/c1-5-7-17-11-33(3,12-17)15-45-29(41)23-25(39)19(35)9-21(37)27(23)47-31(43)32(44)48-28-22(38)10-20(36)26(40)24(28)30(42)46-16-34(4)13-18(14-34)8-6-2/h9-10,17-18H,5-8,11-16H2,1-4H3. The molecular weight excluding hydrogens is 749 g/mol. The third-order valence-electron chi connectivity index (χ3n) is 8.84. The van der Waals surface area contributed by atoms with Crippen LogP contribution in [0.5, 0.6) is 11.5 Å². The summed E-state index contributed by atoms with van der Waals surface area (Å²) in [4.78, 5) is 52.6. The molecule has 0 N–H and O–H groups in total. The van der Waals surface area contributed by atoms with Crippen molar-refractivity contribution < 1.29 is 38.1 Å². The van der Waals surface area contributed by atoms with Crippen molar-refractivity contribution in [1.82, 2.24) is 0 Å².